The molecule has 1 aliphatic rings. The predicted molar refractivity (Wildman–Crippen MR) is 143 cm³/mol. The number of rotatable bonds is 12. The molecule has 0 aliphatic heterocycles. The van der Waals surface area contributed by atoms with Crippen LogP contribution in [0.2, 0.25) is 0 Å². The van der Waals surface area contributed by atoms with Crippen LogP contribution in [0.4, 0.5) is 0 Å². The molecule has 34 heavy (non-hydrogen) atoms. The first-order chi connectivity index (χ1) is 16.2. The van der Waals surface area contributed by atoms with Gasteiger partial charge in [0.1, 0.15) is 9.21 Å². The van der Waals surface area contributed by atoms with E-state index < -0.39 is 10.4 Å². The van der Waals surface area contributed by atoms with Crippen molar-refractivity contribution < 1.29 is 14.6 Å². The molecule has 1 fully saturated rings. The Balaban J connectivity index is 1.58. The zero-order valence-electron chi connectivity index (χ0n) is 20.6. The molecule has 0 radical (unpaired) electrons. The smallest absolute Gasteiger partial charge is 0.348 e. The summed E-state index contributed by atoms with van der Waals surface area (Å²) in [7, 11) is 0. The number of aryl methyl sites for hydroxylation is 1. The number of benzene rings is 1. The molecule has 3 nitrogen and oxygen atoms in total. The Morgan fingerprint density at radius 2 is 1.88 bits per heavy atom. The van der Waals surface area contributed by atoms with E-state index in [4.69, 9.17) is 27.9 Å². The Hall–Kier alpha value is -1.07. The maximum Gasteiger partial charge on any atom is 0.348 e. The molecule has 3 rings (SSSR count). The third-order valence-electron chi connectivity index (χ3n) is 6.74. The normalized spacial score (nSPS) is 20.6. The number of carbonyl (C=O) groups is 1. The van der Waals surface area contributed by atoms with E-state index in [1.54, 1.807) is 0 Å². The van der Waals surface area contributed by atoms with E-state index in [-0.39, 0.29) is 18.0 Å². The van der Waals surface area contributed by atoms with E-state index in [0.29, 0.717) is 10.8 Å². The number of halogens is 2. The number of alkyl halides is 2. The van der Waals surface area contributed by atoms with Gasteiger partial charge in [0.05, 0.1) is 12.2 Å². The molecular formula is C28H38Cl2O3S. The van der Waals surface area contributed by atoms with Crippen molar-refractivity contribution in [3.8, 4) is 0 Å². The Labute approximate surface area is 218 Å². The van der Waals surface area contributed by atoms with Crippen LogP contribution >= 0.6 is 34.5 Å². The minimum atomic E-state index is -0.761. The van der Waals surface area contributed by atoms with Gasteiger partial charge in [-0.3, -0.25) is 0 Å². The molecule has 1 aromatic heterocycles. The second kappa shape index (κ2) is 12.8. The molecule has 6 heteroatoms. The summed E-state index contributed by atoms with van der Waals surface area (Å²) in [4.78, 5) is 14.0. The number of hydrogen-bond donors (Lipinski definition) is 1. The standard InChI is InChI=1S/C28H38Cl2O3S/c1-4-5-6-10-24(31)20-11-13-22(14-12-20)26-21(17-18-28(26,29)30)8-7-9-23-15-16-25(34-23)27(32)33-19(2)3/h11-16,19,21,24,26,31H,4-10,17-18H2,1-3H3. The van der Waals surface area contributed by atoms with E-state index in [0.717, 1.165) is 68.9 Å². The summed E-state index contributed by atoms with van der Waals surface area (Å²) in [6.45, 7) is 5.90. The molecule has 0 saturated heterocycles. The van der Waals surface area contributed by atoms with Gasteiger partial charge in [-0.2, -0.15) is 0 Å². The van der Waals surface area contributed by atoms with Gasteiger partial charge in [-0.25, -0.2) is 4.79 Å². The van der Waals surface area contributed by atoms with Gasteiger partial charge in [0.2, 0.25) is 0 Å². The molecule has 0 spiro atoms. The molecule has 1 heterocycles. The van der Waals surface area contributed by atoms with Crippen molar-refractivity contribution in [1.82, 2.24) is 0 Å². The van der Waals surface area contributed by atoms with Crippen molar-refractivity contribution in [3.63, 3.8) is 0 Å². The number of aliphatic hydroxyl groups excluding tert-OH is 1. The SMILES string of the molecule is CCCCCC(O)c1ccc(C2C(CCCc3ccc(C(=O)OC(C)C)s3)CCC2(Cl)Cl)cc1. The van der Waals surface area contributed by atoms with Gasteiger partial charge >= 0.3 is 5.97 Å². The summed E-state index contributed by atoms with van der Waals surface area (Å²) in [6, 6.07) is 12.2. The van der Waals surface area contributed by atoms with Gasteiger partial charge in [-0.15, -0.1) is 34.5 Å². The Bertz CT molecular complexity index is 907. The average molecular weight is 526 g/mol. The molecule has 1 N–H and O–H groups in total. The van der Waals surface area contributed by atoms with E-state index in [9.17, 15) is 9.90 Å². The highest BCUT2D eigenvalue weighted by Gasteiger charge is 2.46. The number of carbonyl (C=O) groups excluding carboxylic acids is 1. The van der Waals surface area contributed by atoms with Crippen LogP contribution in [0.1, 0.15) is 110 Å². The lowest BCUT2D eigenvalue weighted by atomic mass is 9.84. The lowest BCUT2D eigenvalue weighted by Crippen LogP contribution is -2.21. The van der Waals surface area contributed by atoms with E-state index in [1.807, 2.05) is 38.1 Å². The zero-order chi connectivity index (χ0) is 24.7. The number of aliphatic hydroxyl groups is 1. The van der Waals surface area contributed by atoms with Crippen molar-refractivity contribution in [3.05, 3.63) is 57.3 Å². The molecular weight excluding hydrogens is 487 g/mol. The Morgan fingerprint density at radius 1 is 1.15 bits per heavy atom. The highest BCUT2D eigenvalue weighted by molar-refractivity contribution is 7.13. The van der Waals surface area contributed by atoms with Crippen LogP contribution in [0.3, 0.4) is 0 Å². The first kappa shape index (κ1) is 27.5. The number of esters is 1. The summed E-state index contributed by atoms with van der Waals surface area (Å²) in [5.41, 5.74) is 2.13. The lowest BCUT2D eigenvalue weighted by Gasteiger charge is -2.28. The Morgan fingerprint density at radius 3 is 2.56 bits per heavy atom. The van der Waals surface area contributed by atoms with Gasteiger partial charge in [0.15, 0.2) is 0 Å². The minimum Gasteiger partial charge on any atom is -0.459 e. The largest absolute Gasteiger partial charge is 0.459 e. The minimum absolute atomic E-state index is 0.0852. The molecule has 1 aliphatic carbocycles. The topological polar surface area (TPSA) is 46.5 Å². The van der Waals surface area contributed by atoms with Gasteiger partial charge in [0, 0.05) is 10.8 Å². The van der Waals surface area contributed by atoms with Crippen molar-refractivity contribution in [2.75, 3.05) is 0 Å². The second-order valence-corrected chi connectivity index (χ2v) is 12.5. The highest BCUT2D eigenvalue weighted by Crippen LogP contribution is 2.55. The quantitative estimate of drug-likeness (QED) is 0.171. The zero-order valence-corrected chi connectivity index (χ0v) is 22.9. The first-order valence-corrected chi connectivity index (χ1v) is 14.2. The number of unbranched alkanes of at least 4 members (excludes halogenated alkanes) is 2. The van der Waals surface area contributed by atoms with E-state index in [2.05, 4.69) is 19.1 Å². The molecule has 3 atom stereocenters. The molecule has 2 aromatic rings. The molecule has 1 aromatic carbocycles. The van der Waals surface area contributed by atoms with Crippen molar-refractivity contribution in [2.24, 2.45) is 5.92 Å². The third-order valence-corrected chi connectivity index (χ3v) is 8.71. The number of ether oxygens (including phenoxy) is 1. The fourth-order valence-electron chi connectivity index (χ4n) is 4.98. The molecule has 0 bridgehead atoms. The fourth-order valence-corrected chi connectivity index (χ4v) is 6.74. The maximum atomic E-state index is 12.1. The lowest BCUT2D eigenvalue weighted by molar-refractivity contribution is 0.0384. The first-order valence-electron chi connectivity index (χ1n) is 12.7. The van der Waals surface area contributed by atoms with Crippen LogP contribution in [0.25, 0.3) is 0 Å². The van der Waals surface area contributed by atoms with Gasteiger partial charge in [-0.1, -0.05) is 50.5 Å². The fraction of sp³-hybridized carbons (Fsp3) is 0.607. The molecule has 3 unspecified atom stereocenters. The van der Waals surface area contributed by atoms with Gasteiger partial charge < -0.3 is 9.84 Å². The second-order valence-electron chi connectivity index (χ2n) is 9.83. The molecule has 188 valence electrons. The summed E-state index contributed by atoms with van der Waals surface area (Å²) in [5, 5.41) is 10.5. The van der Waals surface area contributed by atoms with Crippen LogP contribution in [0.15, 0.2) is 36.4 Å². The van der Waals surface area contributed by atoms with E-state index >= 15 is 0 Å². The van der Waals surface area contributed by atoms with Crippen LogP contribution in [-0.2, 0) is 11.2 Å². The van der Waals surface area contributed by atoms with Crippen LogP contribution in [-0.4, -0.2) is 21.5 Å². The van der Waals surface area contributed by atoms with Gasteiger partial charge in [0.25, 0.3) is 0 Å². The van der Waals surface area contributed by atoms with E-state index in [1.165, 1.54) is 16.2 Å². The number of thiophene rings is 1. The van der Waals surface area contributed by atoms with Crippen molar-refractivity contribution in [1.29, 1.82) is 0 Å². The van der Waals surface area contributed by atoms with Crippen LogP contribution < -0.4 is 0 Å². The summed E-state index contributed by atoms with van der Waals surface area (Å²) in [6.07, 6.45) is 8.42. The Kier molecular flexibility index (Phi) is 10.3. The average Bonchev–Trinajstić information content (AvgIpc) is 3.38. The number of hydrogen-bond acceptors (Lipinski definition) is 4. The third kappa shape index (κ3) is 7.46. The molecule has 0 amide bonds. The predicted octanol–water partition coefficient (Wildman–Crippen LogP) is 8.62. The summed E-state index contributed by atoms with van der Waals surface area (Å²) >= 11 is 15.1. The van der Waals surface area contributed by atoms with Crippen molar-refractivity contribution >= 4 is 40.5 Å². The van der Waals surface area contributed by atoms with Gasteiger partial charge in [-0.05, 0) is 81.5 Å². The summed E-state index contributed by atoms with van der Waals surface area (Å²) < 4.78 is 4.53. The monoisotopic (exact) mass is 524 g/mol. The maximum absolute atomic E-state index is 12.1. The van der Waals surface area contributed by atoms with Crippen LogP contribution in [0, 0.1) is 5.92 Å². The van der Waals surface area contributed by atoms with Crippen molar-refractivity contribution in [2.45, 2.75) is 101 Å². The highest BCUT2D eigenvalue weighted by atomic mass is 35.5. The summed E-state index contributed by atoms with van der Waals surface area (Å²) in [5.74, 6) is 0.262. The van der Waals surface area contributed by atoms with Crippen LogP contribution in [0.5, 0.6) is 0 Å². The molecule has 1 saturated carbocycles.